The largest absolute Gasteiger partial charge is 0.491 e. The summed E-state index contributed by atoms with van der Waals surface area (Å²) in [7, 11) is 0. The van der Waals surface area contributed by atoms with E-state index in [4.69, 9.17) is 21.4 Å². The molecule has 4 nitrogen and oxygen atoms in total. The van der Waals surface area contributed by atoms with Crippen molar-refractivity contribution in [2.24, 2.45) is 5.41 Å². The fraction of sp³-hybridized carbons (Fsp3) is 0.562. The maximum absolute atomic E-state index is 11.9. The highest BCUT2D eigenvalue weighted by Crippen LogP contribution is 2.23. The number of rotatable bonds is 7. The molecular weight excluding hydrogens is 290 g/mol. The number of carbonyl (C=O) groups is 1. The summed E-state index contributed by atoms with van der Waals surface area (Å²) < 4.78 is 5.49. The summed E-state index contributed by atoms with van der Waals surface area (Å²) in [6.45, 7) is 6.43. The Morgan fingerprint density at radius 2 is 2.05 bits per heavy atom. The number of benzene rings is 1. The van der Waals surface area contributed by atoms with Gasteiger partial charge in [-0.05, 0) is 24.0 Å². The number of hydrogen-bond donors (Lipinski definition) is 2. The van der Waals surface area contributed by atoms with Crippen LogP contribution in [-0.4, -0.2) is 30.3 Å². The summed E-state index contributed by atoms with van der Waals surface area (Å²) in [5.74, 6) is 0.491. The normalized spacial score (nSPS) is 12.8. The summed E-state index contributed by atoms with van der Waals surface area (Å²) in [6.07, 6.45) is 0.795. The molecule has 0 saturated carbocycles. The van der Waals surface area contributed by atoms with Crippen molar-refractivity contribution in [2.75, 3.05) is 13.2 Å². The highest BCUT2D eigenvalue weighted by atomic mass is 35.5. The van der Waals surface area contributed by atoms with Crippen molar-refractivity contribution >= 4 is 17.5 Å². The molecule has 1 rings (SSSR count). The van der Waals surface area contributed by atoms with E-state index in [9.17, 15) is 4.79 Å². The van der Waals surface area contributed by atoms with E-state index < -0.39 is 0 Å². The van der Waals surface area contributed by atoms with E-state index in [2.05, 4.69) is 5.32 Å². The van der Waals surface area contributed by atoms with Crippen LogP contribution in [-0.2, 0) is 4.79 Å². The molecule has 5 heteroatoms. The van der Waals surface area contributed by atoms with Gasteiger partial charge in [-0.3, -0.25) is 4.79 Å². The molecule has 0 bridgehead atoms. The average molecular weight is 314 g/mol. The van der Waals surface area contributed by atoms with Crippen LogP contribution in [0.15, 0.2) is 24.3 Å². The molecular formula is C16H24ClNO3. The van der Waals surface area contributed by atoms with Gasteiger partial charge in [0, 0.05) is 12.6 Å². The van der Waals surface area contributed by atoms with Gasteiger partial charge in [0.15, 0.2) is 0 Å². The fourth-order valence-electron chi connectivity index (χ4n) is 1.93. The maximum atomic E-state index is 11.9. The van der Waals surface area contributed by atoms with Crippen molar-refractivity contribution < 1.29 is 14.6 Å². The Labute approximate surface area is 131 Å². The summed E-state index contributed by atoms with van der Waals surface area (Å²) in [4.78, 5) is 11.9. The van der Waals surface area contributed by atoms with Crippen LogP contribution in [0.5, 0.6) is 5.75 Å². The van der Waals surface area contributed by atoms with Crippen LogP contribution in [0, 0.1) is 5.41 Å². The minimum atomic E-state index is -0.0953. The number of halogens is 1. The predicted octanol–water partition coefficient (Wildman–Crippen LogP) is 3.02. The van der Waals surface area contributed by atoms with E-state index in [1.165, 1.54) is 0 Å². The molecule has 0 saturated heterocycles. The zero-order chi connectivity index (χ0) is 15.9. The first-order chi connectivity index (χ1) is 9.84. The SMILES string of the molecule is CC(C)(C)C(CCO)NC(=O)CCOc1ccccc1Cl. The summed E-state index contributed by atoms with van der Waals surface area (Å²) in [5.41, 5.74) is -0.0953. The van der Waals surface area contributed by atoms with Crippen LogP contribution in [0.2, 0.25) is 5.02 Å². The van der Waals surface area contributed by atoms with Gasteiger partial charge >= 0.3 is 0 Å². The van der Waals surface area contributed by atoms with Crippen LogP contribution >= 0.6 is 11.6 Å². The first-order valence-electron chi connectivity index (χ1n) is 7.12. The number of amides is 1. The molecule has 2 N–H and O–H groups in total. The van der Waals surface area contributed by atoms with Gasteiger partial charge < -0.3 is 15.2 Å². The molecule has 0 aliphatic carbocycles. The second kappa shape index (κ2) is 8.25. The highest BCUT2D eigenvalue weighted by molar-refractivity contribution is 6.32. The Bertz CT molecular complexity index is 457. The first kappa shape index (κ1) is 17.8. The lowest BCUT2D eigenvalue weighted by molar-refractivity contribution is -0.123. The van der Waals surface area contributed by atoms with E-state index in [1.54, 1.807) is 12.1 Å². The van der Waals surface area contributed by atoms with Gasteiger partial charge in [-0.2, -0.15) is 0 Å². The molecule has 118 valence electrons. The van der Waals surface area contributed by atoms with Crippen molar-refractivity contribution in [1.82, 2.24) is 5.32 Å². The number of aliphatic hydroxyl groups excluding tert-OH is 1. The Kier molecular flexibility index (Phi) is 6.99. The third kappa shape index (κ3) is 6.36. The van der Waals surface area contributed by atoms with Crippen molar-refractivity contribution in [3.63, 3.8) is 0 Å². The fourth-order valence-corrected chi connectivity index (χ4v) is 2.12. The first-order valence-corrected chi connectivity index (χ1v) is 7.50. The third-order valence-electron chi connectivity index (χ3n) is 3.22. The molecule has 0 heterocycles. The number of nitrogens with one attached hydrogen (secondary N) is 1. The van der Waals surface area contributed by atoms with Crippen LogP contribution in [0.25, 0.3) is 0 Å². The van der Waals surface area contributed by atoms with Crippen molar-refractivity contribution in [2.45, 2.75) is 39.7 Å². The van der Waals surface area contributed by atoms with Crippen LogP contribution in [0.3, 0.4) is 0 Å². The van der Waals surface area contributed by atoms with Gasteiger partial charge in [-0.15, -0.1) is 0 Å². The molecule has 1 aromatic rings. The Morgan fingerprint density at radius 3 is 2.62 bits per heavy atom. The topological polar surface area (TPSA) is 58.6 Å². The lowest BCUT2D eigenvalue weighted by atomic mass is 9.85. The summed E-state index contributed by atoms with van der Waals surface area (Å²) >= 11 is 5.97. The van der Waals surface area contributed by atoms with Crippen molar-refractivity contribution in [3.8, 4) is 5.75 Å². The van der Waals surface area contributed by atoms with Crippen LogP contribution < -0.4 is 10.1 Å². The van der Waals surface area contributed by atoms with Gasteiger partial charge in [0.1, 0.15) is 5.75 Å². The zero-order valence-corrected chi connectivity index (χ0v) is 13.6. The van der Waals surface area contributed by atoms with Crippen LogP contribution in [0.4, 0.5) is 0 Å². The molecule has 0 aromatic heterocycles. The molecule has 1 amide bonds. The molecule has 0 aliphatic rings. The number of carbonyl (C=O) groups excluding carboxylic acids is 1. The van der Waals surface area contributed by atoms with E-state index in [0.29, 0.717) is 17.2 Å². The number of ether oxygens (including phenoxy) is 1. The molecule has 1 atom stereocenters. The average Bonchev–Trinajstić information content (AvgIpc) is 2.39. The molecule has 1 aromatic carbocycles. The monoisotopic (exact) mass is 313 g/mol. The molecule has 21 heavy (non-hydrogen) atoms. The van der Waals surface area contributed by atoms with Gasteiger partial charge in [0.25, 0.3) is 0 Å². The number of aliphatic hydroxyl groups is 1. The van der Waals surface area contributed by atoms with E-state index in [0.717, 1.165) is 0 Å². The molecule has 0 radical (unpaired) electrons. The van der Waals surface area contributed by atoms with Crippen molar-refractivity contribution in [3.05, 3.63) is 29.3 Å². The molecule has 0 spiro atoms. The molecule has 1 unspecified atom stereocenters. The van der Waals surface area contributed by atoms with E-state index in [-0.39, 0.29) is 37.0 Å². The number of hydrogen-bond acceptors (Lipinski definition) is 3. The maximum Gasteiger partial charge on any atom is 0.223 e. The summed E-state index contributed by atoms with van der Waals surface area (Å²) in [6, 6.07) is 7.11. The van der Waals surface area contributed by atoms with E-state index in [1.807, 2.05) is 32.9 Å². The second-order valence-electron chi connectivity index (χ2n) is 6.03. The van der Waals surface area contributed by atoms with E-state index >= 15 is 0 Å². The minimum absolute atomic E-state index is 0.0539. The second-order valence-corrected chi connectivity index (χ2v) is 6.43. The third-order valence-corrected chi connectivity index (χ3v) is 3.53. The van der Waals surface area contributed by atoms with Gasteiger partial charge in [0.2, 0.25) is 5.91 Å². The van der Waals surface area contributed by atoms with Gasteiger partial charge in [0.05, 0.1) is 18.1 Å². The lowest BCUT2D eigenvalue weighted by Gasteiger charge is -2.31. The molecule has 0 fully saturated rings. The quantitative estimate of drug-likeness (QED) is 0.813. The lowest BCUT2D eigenvalue weighted by Crippen LogP contribution is -2.44. The highest BCUT2D eigenvalue weighted by Gasteiger charge is 2.25. The van der Waals surface area contributed by atoms with Crippen LogP contribution in [0.1, 0.15) is 33.6 Å². The Hall–Kier alpha value is -1.26. The molecule has 0 aliphatic heterocycles. The van der Waals surface area contributed by atoms with Gasteiger partial charge in [-0.1, -0.05) is 44.5 Å². The standard InChI is InChI=1S/C16H24ClNO3/c1-16(2,3)14(8-10-19)18-15(20)9-11-21-13-7-5-4-6-12(13)17/h4-7,14,19H,8-11H2,1-3H3,(H,18,20). The predicted molar refractivity (Wildman–Crippen MR) is 84.7 cm³/mol. The minimum Gasteiger partial charge on any atom is -0.491 e. The van der Waals surface area contributed by atoms with Gasteiger partial charge in [-0.25, -0.2) is 0 Å². The zero-order valence-electron chi connectivity index (χ0n) is 12.9. The Morgan fingerprint density at radius 1 is 1.38 bits per heavy atom. The number of para-hydroxylation sites is 1. The Balaban J connectivity index is 2.41. The van der Waals surface area contributed by atoms with Crippen molar-refractivity contribution in [1.29, 1.82) is 0 Å². The smallest absolute Gasteiger partial charge is 0.223 e. The summed E-state index contributed by atoms with van der Waals surface area (Å²) in [5, 5.41) is 12.6.